The minimum atomic E-state index is -0.552. The third kappa shape index (κ3) is 4.81. The molecule has 1 aliphatic rings. The van der Waals surface area contributed by atoms with Crippen LogP contribution in [0.3, 0.4) is 0 Å². The van der Waals surface area contributed by atoms with Crippen LogP contribution in [-0.4, -0.2) is 48.2 Å². The van der Waals surface area contributed by atoms with Gasteiger partial charge in [0, 0.05) is 30.8 Å². The summed E-state index contributed by atoms with van der Waals surface area (Å²) in [6.45, 7) is 1.53. The summed E-state index contributed by atoms with van der Waals surface area (Å²) in [6, 6.07) is 8.00. The molecule has 0 radical (unpaired) electrons. The maximum Gasteiger partial charge on any atom is 0.293 e. The van der Waals surface area contributed by atoms with Crippen molar-refractivity contribution in [2.45, 2.75) is 12.8 Å². The summed E-state index contributed by atoms with van der Waals surface area (Å²) in [7, 11) is 3.10. The van der Waals surface area contributed by atoms with E-state index in [0.717, 1.165) is 30.6 Å². The standard InChI is InChI=1S/C21H21N5O5S2/c1-30-13-10-16(31-2)18-17(11-13)33-21(22-18)24-20(32)23-19(27)12-5-6-14(15(9-12)26(28)29)25-7-3-4-8-25/h5-6,9-11H,3-4,7-8H2,1-2H3,(H2,22,23,24,27,32). The smallest absolute Gasteiger partial charge is 0.293 e. The van der Waals surface area contributed by atoms with Gasteiger partial charge in [-0.15, -0.1) is 0 Å². The van der Waals surface area contributed by atoms with Crippen LogP contribution in [-0.2, 0) is 0 Å². The number of amides is 1. The number of fused-ring (bicyclic) bond motifs is 1. The van der Waals surface area contributed by atoms with Crippen molar-refractivity contribution in [3.05, 3.63) is 46.0 Å². The number of hydrogen-bond donors (Lipinski definition) is 2. The zero-order valence-corrected chi connectivity index (χ0v) is 19.5. The molecular weight excluding hydrogens is 466 g/mol. The second kappa shape index (κ2) is 9.55. The summed E-state index contributed by atoms with van der Waals surface area (Å²) in [5.41, 5.74) is 1.20. The zero-order chi connectivity index (χ0) is 23.5. The predicted octanol–water partition coefficient (Wildman–Crippen LogP) is 3.95. The van der Waals surface area contributed by atoms with Crippen molar-refractivity contribution in [3.8, 4) is 11.5 Å². The lowest BCUT2D eigenvalue weighted by Crippen LogP contribution is -2.34. The minimum Gasteiger partial charge on any atom is -0.497 e. The average Bonchev–Trinajstić information content (AvgIpc) is 3.47. The van der Waals surface area contributed by atoms with Crippen molar-refractivity contribution in [1.82, 2.24) is 10.3 Å². The van der Waals surface area contributed by atoms with Gasteiger partial charge in [0.25, 0.3) is 11.6 Å². The van der Waals surface area contributed by atoms with Crippen molar-refractivity contribution in [2.24, 2.45) is 0 Å². The van der Waals surface area contributed by atoms with Crippen molar-refractivity contribution in [2.75, 3.05) is 37.5 Å². The van der Waals surface area contributed by atoms with Crippen molar-refractivity contribution < 1.29 is 19.2 Å². The highest BCUT2D eigenvalue weighted by Crippen LogP contribution is 2.36. The number of carbonyl (C=O) groups is 1. The van der Waals surface area contributed by atoms with E-state index in [4.69, 9.17) is 21.7 Å². The Bertz CT molecular complexity index is 1240. The van der Waals surface area contributed by atoms with Gasteiger partial charge in [0.05, 0.1) is 23.8 Å². The lowest BCUT2D eigenvalue weighted by Gasteiger charge is -2.17. The molecule has 0 aliphatic carbocycles. The van der Waals surface area contributed by atoms with E-state index >= 15 is 0 Å². The zero-order valence-electron chi connectivity index (χ0n) is 17.9. The number of thiocarbonyl (C=S) groups is 1. The van der Waals surface area contributed by atoms with Gasteiger partial charge in [-0.25, -0.2) is 4.98 Å². The van der Waals surface area contributed by atoms with Crippen molar-refractivity contribution >= 4 is 61.3 Å². The predicted molar refractivity (Wildman–Crippen MR) is 131 cm³/mol. The van der Waals surface area contributed by atoms with Gasteiger partial charge in [0.2, 0.25) is 0 Å². The molecule has 33 heavy (non-hydrogen) atoms. The van der Waals surface area contributed by atoms with Crippen molar-refractivity contribution in [3.63, 3.8) is 0 Å². The van der Waals surface area contributed by atoms with Crippen LogP contribution in [0.4, 0.5) is 16.5 Å². The number of nitrogens with one attached hydrogen (secondary N) is 2. The molecule has 2 aromatic carbocycles. The van der Waals surface area contributed by atoms with Crippen LogP contribution in [0.25, 0.3) is 10.2 Å². The Balaban J connectivity index is 1.49. The first-order valence-electron chi connectivity index (χ1n) is 10.1. The summed E-state index contributed by atoms with van der Waals surface area (Å²) < 4.78 is 11.4. The minimum absolute atomic E-state index is 0.0243. The SMILES string of the molecule is COc1cc(OC)c2nc(NC(=S)NC(=O)c3ccc(N4CCCC4)c([N+](=O)[O-])c3)sc2c1. The Hall–Kier alpha value is -3.51. The molecular formula is C21H21N5O5S2. The van der Waals surface area contributed by atoms with Crippen LogP contribution in [0.5, 0.6) is 11.5 Å². The molecule has 172 valence electrons. The molecule has 1 aromatic heterocycles. The molecule has 0 unspecified atom stereocenters. The summed E-state index contributed by atoms with van der Waals surface area (Å²) >= 11 is 6.56. The summed E-state index contributed by atoms with van der Waals surface area (Å²) in [6.07, 6.45) is 1.98. The molecule has 1 amide bonds. The number of nitro groups is 1. The van der Waals surface area contributed by atoms with Crippen LogP contribution in [0.2, 0.25) is 0 Å². The number of benzene rings is 2. The molecule has 12 heteroatoms. The van der Waals surface area contributed by atoms with Crippen LogP contribution < -0.4 is 25.0 Å². The summed E-state index contributed by atoms with van der Waals surface area (Å²) in [5, 5.41) is 17.5. The normalized spacial score (nSPS) is 13.1. The number of nitrogens with zero attached hydrogens (tertiary/aromatic N) is 3. The Morgan fingerprint density at radius 3 is 2.64 bits per heavy atom. The summed E-state index contributed by atoms with van der Waals surface area (Å²) in [4.78, 5) is 30.2. The van der Waals surface area contributed by atoms with Gasteiger partial charge in [-0.3, -0.25) is 20.2 Å². The van der Waals surface area contributed by atoms with E-state index in [0.29, 0.717) is 27.8 Å². The highest BCUT2D eigenvalue weighted by Gasteiger charge is 2.24. The highest BCUT2D eigenvalue weighted by atomic mass is 32.1. The molecule has 2 heterocycles. The number of thiazole rings is 1. The van der Waals surface area contributed by atoms with Gasteiger partial charge < -0.3 is 19.7 Å². The summed E-state index contributed by atoms with van der Waals surface area (Å²) in [5.74, 6) is 0.627. The molecule has 1 fully saturated rings. The van der Waals surface area contributed by atoms with E-state index in [1.165, 1.54) is 17.4 Å². The molecule has 3 aromatic rings. The maximum absolute atomic E-state index is 12.7. The van der Waals surface area contributed by atoms with E-state index in [2.05, 4.69) is 15.6 Å². The molecule has 1 saturated heterocycles. The number of rotatable bonds is 6. The first kappa shape index (κ1) is 22.7. The van der Waals surface area contributed by atoms with Crippen LogP contribution in [0.1, 0.15) is 23.2 Å². The second-order valence-electron chi connectivity index (χ2n) is 7.26. The number of carbonyl (C=O) groups excluding carboxylic acids is 1. The first-order chi connectivity index (χ1) is 15.9. The molecule has 0 spiro atoms. The van der Waals surface area contributed by atoms with Gasteiger partial charge in [-0.1, -0.05) is 11.3 Å². The number of nitro benzene ring substituents is 1. The number of aromatic nitrogens is 1. The maximum atomic E-state index is 12.7. The largest absolute Gasteiger partial charge is 0.497 e. The van der Waals surface area contributed by atoms with E-state index in [-0.39, 0.29) is 16.4 Å². The van der Waals surface area contributed by atoms with Crippen LogP contribution >= 0.6 is 23.6 Å². The van der Waals surface area contributed by atoms with Crippen LogP contribution in [0, 0.1) is 10.1 Å². The van der Waals surface area contributed by atoms with Gasteiger partial charge in [-0.2, -0.15) is 0 Å². The van der Waals surface area contributed by atoms with Crippen molar-refractivity contribution in [1.29, 1.82) is 0 Å². The second-order valence-corrected chi connectivity index (χ2v) is 8.70. The van der Waals surface area contributed by atoms with E-state index < -0.39 is 10.8 Å². The number of ether oxygens (including phenoxy) is 2. The molecule has 2 N–H and O–H groups in total. The highest BCUT2D eigenvalue weighted by molar-refractivity contribution is 7.80. The van der Waals surface area contributed by atoms with Gasteiger partial charge >= 0.3 is 0 Å². The molecule has 1 aliphatic heterocycles. The lowest BCUT2D eigenvalue weighted by molar-refractivity contribution is -0.384. The van der Waals surface area contributed by atoms with Gasteiger partial charge in [0.15, 0.2) is 10.2 Å². The number of anilines is 2. The Morgan fingerprint density at radius 1 is 1.21 bits per heavy atom. The fourth-order valence-corrected chi connectivity index (χ4v) is 4.81. The van der Waals surface area contributed by atoms with E-state index in [1.54, 1.807) is 32.4 Å². The molecule has 10 nitrogen and oxygen atoms in total. The molecule has 0 saturated carbocycles. The Morgan fingerprint density at radius 2 is 1.97 bits per heavy atom. The third-order valence-electron chi connectivity index (χ3n) is 5.22. The quantitative estimate of drug-likeness (QED) is 0.303. The monoisotopic (exact) mass is 487 g/mol. The van der Waals surface area contributed by atoms with E-state index in [1.807, 2.05) is 11.0 Å². The van der Waals surface area contributed by atoms with E-state index in [9.17, 15) is 14.9 Å². The number of methoxy groups -OCH3 is 2. The van der Waals surface area contributed by atoms with Crippen LogP contribution in [0.15, 0.2) is 30.3 Å². The molecule has 0 bridgehead atoms. The number of hydrogen-bond acceptors (Lipinski definition) is 9. The molecule has 4 rings (SSSR count). The Labute approximate surface area is 198 Å². The third-order valence-corrected chi connectivity index (χ3v) is 6.34. The Kier molecular flexibility index (Phi) is 6.56. The first-order valence-corrected chi connectivity index (χ1v) is 11.3. The topological polar surface area (TPSA) is 119 Å². The fourth-order valence-electron chi connectivity index (χ4n) is 3.64. The average molecular weight is 488 g/mol. The van der Waals surface area contributed by atoms with Gasteiger partial charge in [-0.05, 0) is 43.3 Å². The van der Waals surface area contributed by atoms with Gasteiger partial charge in [0.1, 0.15) is 22.7 Å². The fraction of sp³-hybridized carbons (Fsp3) is 0.286. The molecule has 0 atom stereocenters. The lowest BCUT2D eigenvalue weighted by atomic mass is 10.1.